The highest BCUT2D eigenvalue weighted by Crippen LogP contribution is 2.23. The van der Waals surface area contributed by atoms with Crippen molar-refractivity contribution in [2.24, 2.45) is 0 Å². The van der Waals surface area contributed by atoms with Gasteiger partial charge in [0.2, 0.25) is 0 Å². The molecule has 1 atom stereocenters. The summed E-state index contributed by atoms with van der Waals surface area (Å²) in [6.45, 7) is 1.32. The van der Waals surface area contributed by atoms with Crippen LogP contribution in [0.25, 0.3) is 11.0 Å². The molecule has 4 rings (SSSR count). The lowest BCUT2D eigenvalue weighted by atomic mass is 10.1. The van der Waals surface area contributed by atoms with Crippen LogP contribution >= 0.6 is 0 Å². The van der Waals surface area contributed by atoms with Crippen LogP contribution in [-0.4, -0.2) is 40.1 Å². The maximum absolute atomic E-state index is 12.4. The van der Waals surface area contributed by atoms with Crippen LogP contribution in [0.3, 0.4) is 0 Å². The molecule has 1 saturated heterocycles. The lowest BCUT2D eigenvalue weighted by Crippen LogP contribution is -2.15. The number of nitrogens with one attached hydrogen (secondary N) is 1. The molecule has 3 aromatic rings. The van der Waals surface area contributed by atoms with Crippen molar-refractivity contribution in [3.05, 3.63) is 52.2 Å². The lowest BCUT2D eigenvalue weighted by Gasteiger charge is -2.10. The van der Waals surface area contributed by atoms with Crippen molar-refractivity contribution in [2.75, 3.05) is 20.3 Å². The van der Waals surface area contributed by atoms with E-state index < -0.39 is 0 Å². The number of methoxy groups -OCH3 is 1. The molecule has 0 radical (unpaired) electrons. The average molecular weight is 326 g/mol. The van der Waals surface area contributed by atoms with Gasteiger partial charge in [-0.25, -0.2) is 9.67 Å². The van der Waals surface area contributed by atoms with Gasteiger partial charge in [0.1, 0.15) is 17.0 Å². The Bertz CT molecular complexity index is 925. The number of fused-ring (bicyclic) bond motifs is 1. The van der Waals surface area contributed by atoms with Gasteiger partial charge in [-0.2, -0.15) is 5.10 Å². The number of hydrogen-bond acceptors (Lipinski definition) is 5. The molecule has 7 nitrogen and oxygen atoms in total. The Labute approximate surface area is 138 Å². The highest BCUT2D eigenvalue weighted by molar-refractivity contribution is 5.73. The Hall–Kier alpha value is -2.67. The third-order valence-electron chi connectivity index (χ3n) is 4.31. The fourth-order valence-electron chi connectivity index (χ4n) is 3.08. The zero-order chi connectivity index (χ0) is 16.5. The van der Waals surface area contributed by atoms with Gasteiger partial charge in [-0.1, -0.05) is 18.2 Å². The SMILES string of the molecule is COc1ccccc1Cc1nc2c(cnn2C2CCOC2)c(=O)[nH]1. The van der Waals surface area contributed by atoms with E-state index in [0.717, 1.165) is 17.7 Å². The summed E-state index contributed by atoms with van der Waals surface area (Å²) in [5.74, 6) is 1.37. The molecule has 0 amide bonds. The Kier molecular flexibility index (Phi) is 3.78. The summed E-state index contributed by atoms with van der Waals surface area (Å²) in [6, 6.07) is 7.85. The first kappa shape index (κ1) is 14.9. The molecule has 1 aliphatic heterocycles. The highest BCUT2D eigenvalue weighted by atomic mass is 16.5. The number of ether oxygens (including phenoxy) is 2. The van der Waals surface area contributed by atoms with E-state index in [1.165, 1.54) is 0 Å². The van der Waals surface area contributed by atoms with E-state index in [2.05, 4.69) is 15.1 Å². The second-order valence-electron chi connectivity index (χ2n) is 5.85. The van der Waals surface area contributed by atoms with E-state index in [9.17, 15) is 4.79 Å². The van der Waals surface area contributed by atoms with Crippen molar-refractivity contribution >= 4 is 11.0 Å². The van der Waals surface area contributed by atoms with Crippen molar-refractivity contribution in [1.82, 2.24) is 19.7 Å². The van der Waals surface area contributed by atoms with Gasteiger partial charge in [0, 0.05) is 18.6 Å². The van der Waals surface area contributed by atoms with Gasteiger partial charge in [-0.15, -0.1) is 0 Å². The average Bonchev–Trinajstić information content (AvgIpc) is 3.24. The first-order chi connectivity index (χ1) is 11.8. The fourth-order valence-corrected chi connectivity index (χ4v) is 3.08. The second-order valence-corrected chi connectivity index (χ2v) is 5.85. The number of aromatic amines is 1. The minimum atomic E-state index is -0.171. The van der Waals surface area contributed by atoms with Gasteiger partial charge in [0.25, 0.3) is 5.56 Å². The molecule has 0 spiro atoms. The molecule has 0 bridgehead atoms. The fraction of sp³-hybridized carbons (Fsp3) is 0.353. The normalized spacial score (nSPS) is 17.5. The van der Waals surface area contributed by atoms with Crippen molar-refractivity contribution < 1.29 is 9.47 Å². The standard InChI is InChI=1S/C17H18N4O3/c1-23-14-5-3-2-4-11(14)8-15-19-16-13(17(22)20-15)9-18-21(16)12-6-7-24-10-12/h2-5,9,12H,6-8,10H2,1H3,(H,19,20,22). The number of nitrogens with zero attached hydrogens (tertiary/aromatic N) is 3. The van der Waals surface area contributed by atoms with Gasteiger partial charge in [-0.05, 0) is 12.5 Å². The van der Waals surface area contributed by atoms with Crippen molar-refractivity contribution in [2.45, 2.75) is 18.9 Å². The minimum absolute atomic E-state index is 0.135. The van der Waals surface area contributed by atoms with Gasteiger partial charge >= 0.3 is 0 Å². The molecule has 1 aliphatic rings. The summed E-state index contributed by atoms with van der Waals surface area (Å²) in [4.78, 5) is 19.9. The predicted molar refractivity (Wildman–Crippen MR) is 88.4 cm³/mol. The summed E-state index contributed by atoms with van der Waals surface area (Å²) in [5, 5.41) is 4.85. The number of para-hydroxylation sites is 1. The monoisotopic (exact) mass is 326 g/mol. The molecule has 124 valence electrons. The van der Waals surface area contributed by atoms with Crippen LogP contribution in [0.2, 0.25) is 0 Å². The Morgan fingerprint density at radius 2 is 2.29 bits per heavy atom. The maximum atomic E-state index is 12.4. The summed E-state index contributed by atoms with van der Waals surface area (Å²) in [5.41, 5.74) is 1.41. The van der Waals surface area contributed by atoms with E-state index in [-0.39, 0.29) is 11.6 Å². The number of aromatic nitrogens is 4. The van der Waals surface area contributed by atoms with E-state index >= 15 is 0 Å². The molecule has 0 aliphatic carbocycles. The van der Waals surface area contributed by atoms with Gasteiger partial charge in [-0.3, -0.25) is 4.79 Å². The molecule has 1 fully saturated rings. The highest BCUT2D eigenvalue weighted by Gasteiger charge is 2.22. The molecule has 0 saturated carbocycles. The van der Waals surface area contributed by atoms with Crippen LogP contribution < -0.4 is 10.3 Å². The maximum Gasteiger partial charge on any atom is 0.262 e. The third-order valence-corrected chi connectivity index (χ3v) is 4.31. The van der Waals surface area contributed by atoms with Crippen LogP contribution in [0.4, 0.5) is 0 Å². The van der Waals surface area contributed by atoms with Gasteiger partial charge in [0.15, 0.2) is 5.65 Å². The zero-order valence-corrected chi connectivity index (χ0v) is 13.4. The van der Waals surface area contributed by atoms with E-state index in [0.29, 0.717) is 36.5 Å². The first-order valence-corrected chi connectivity index (χ1v) is 7.92. The van der Waals surface area contributed by atoms with Crippen molar-refractivity contribution in [3.63, 3.8) is 0 Å². The first-order valence-electron chi connectivity index (χ1n) is 7.92. The van der Waals surface area contributed by atoms with E-state index in [4.69, 9.17) is 9.47 Å². The Morgan fingerprint density at radius 3 is 3.08 bits per heavy atom. The molecule has 3 heterocycles. The summed E-state index contributed by atoms with van der Waals surface area (Å²) < 4.78 is 12.6. The molecule has 2 aromatic heterocycles. The molecule has 1 aromatic carbocycles. The van der Waals surface area contributed by atoms with Crippen LogP contribution in [0.15, 0.2) is 35.3 Å². The minimum Gasteiger partial charge on any atom is -0.496 e. The molecule has 1 unspecified atom stereocenters. The quantitative estimate of drug-likeness (QED) is 0.789. The Morgan fingerprint density at radius 1 is 1.42 bits per heavy atom. The molecule has 1 N–H and O–H groups in total. The van der Waals surface area contributed by atoms with Gasteiger partial charge < -0.3 is 14.5 Å². The van der Waals surface area contributed by atoms with Crippen LogP contribution in [-0.2, 0) is 11.2 Å². The molecular formula is C17H18N4O3. The topological polar surface area (TPSA) is 82.0 Å². The number of H-pyrrole nitrogens is 1. The van der Waals surface area contributed by atoms with Crippen LogP contribution in [0, 0.1) is 0 Å². The lowest BCUT2D eigenvalue weighted by molar-refractivity contribution is 0.185. The third kappa shape index (κ3) is 2.56. The summed E-state index contributed by atoms with van der Waals surface area (Å²) in [7, 11) is 1.63. The van der Waals surface area contributed by atoms with E-state index in [1.807, 2.05) is 28.9 Å². The van der Waals surface area contributed by atoms with E-state index in [1.54, 1.807) is 13.3 Å². The van der Waals surface area contributed by atoms with Crippen molar-refractivity contribution in [1.29, 1.82) is 0 Å². The molecule has 7 heteroatoms. The largest absolute Gasteiger partial charge is 0.496 e. The summed E-state index contributed by atoms with van der Waals surface area (Å²) in [6.07, 6.45) is 2.95. The predicted octanol–water partition coefficient (Wildman–Crippen LogP) is 1.68. The summed E-state index contributed by atoms with van der Waals surface area (Å²) >= 11 is 0. The van der Waals surface area contributed by atoms with Gasteiger partial charge in [0.05, 0.1) is 26.0 Å². The van der Waals surface area contributed by atoms with Crippen LogP contribution in [0.1, 0.15) is 23.9 Å². The smallest absolute Gasteiger partial charge is 0.262 e. The molecule has 24 heavy (non-hydrogen) atoms. The van der Waals surface area contributed by atoms with Crippen molar-refractivity contribution in [3.8, 4) is 5.75 Å². The Balaban J connectivity index is 1.76. The number of rotatable bonds is 4. The number of hydrogen-bond donors (Lipinski definition) is 1. The van der Waals surface area contributed by atoms with Crippen LogP contribution in [0.5, 0.6) is 5.75 Å². The second kappa shape index (κ2) is 6.09. The number of benzene rings is 1. The molecular weight excluding hydrogens is 308 g/mol. The zero-order valence-electron chi connectivity index (χ0n) is 13.4.